The number of carboxylic acid groups (broad SMARTS) is 1. The van der Waals surface area contributed by atoms with Crippen LogP contribution >= 0.6 is 0 Å². The van der Waals surface area contributed by atoms with Crippen molar-refractivity contribution in [1.82, 2.24) is 9.55 Å². The highest BCUT2D eigenvalue weighted by Crippen LogP contribution is 2.28. The Labute approximate surface area is 123 Å². The molecule has 1 heterocycles. The fourth-order valence-electron chi connectivity index (χ4n) is 2.37. The zero-order valence-corrected chi connectivity index (χ0v) is 12.6. The third-order valence-corrected chi connectivity index (χ3v) is 3.82. The van der Waals surface area contributed by atoms with E-state index in [1.165, 1.54) is 12.8 Å². The molecule has 6 heteroatoms. The average Bonchev–Trinajstić information content (AvgIpc) is 3.21. The van der Waals surface area contributed by atoms with Gasteiger partial charge in [-0.2, -0.15) is 4.98 Å². The lowest BCUT2D eigenvalue weighted by Gasteiger charge is -2.14. The van der Waals surface area contributed by atoms with Crippen LogP contribution in [0.4, 0.5) is 0 Å². The lowest BCUT2D eigenvalue weighted by Crippen LogP contribution is -2.29. The van der Waals surface area contributed by atoms with Gasteiger partial charge in [-0.05, 0) is 39.0 Å². The van der Waals surface area contributed by atoms with E-state index in [0.717, 1.165) is 18.9 Å². The maximum absolute atomic E-state index is 11.9. The third kappa shape index (κ3) is 4.39. The molecule has 1 aliphatic carbocycles. The van der Waals surface area contributed by atoms with Gasteiger partial charge in [0.25, 0.3) is 0 Å². The number of hydrogen-bond donors (Lipinski definition) is 1. The summed E-state index contributed by atoms with van der Waals surface area (Å²) in [5.74, 6) is -0.182. The smallest absolute Gasteiger partial charge is 0.347 e. The summed E-state index contributed by atoms with van der Waals surface area (Å²) in [6, 6.07) is 0. The van der Waals surface area contributed by atoms with Gasteiger partial charge in [0.15, 0.2) is 0 Å². The number of aryl methyl sites for hydroxylation is 1. The Kier molecular flexibility index (Phi) is 5.12. The molecule has 0 unspecified atom stereocenters. The summed E-state index contributed by atoms with van der Waals surface area (Å²) in [5.41, 5.74) is 1.50. The van der Waals surface area contributed by atoms with Gasteiger partial charge in [0.1, 0.15) is 0 Å². The molecule has 1 aromatic rings. The molecule has 116 valence electrons. The summed E-state index contributed by atoms with van der Waals surface area (Å²) in [6.07, 6.45) is 3.14. The van der Waals surface area contributed by atoms with Crippen molar-refractivity contribution in [2.45, 2.75) is 46.1 Å². The SMILES string of the molecule is Cc1nc(=O)n(CCCOCC2CC2)c(C)c1CC(=O)O. The summed E-state index contributed by atoms with van der Waals surface area (Å²) >= 11 is 0. The molecule has 21 heavy (non-hydrogen) atoms. The highest BCUT2D eigenvalue weighted by atomic mass is 16.5. The largest absolute Gasteiger partial charge is 0.481 e. The molecule has 0 bridgehead atoms. The lowest BCUT2D eigenvalue weighted by atomic mass is 10.1. The number of nitrogens with zero attached hydrogens (tertiary/aromatic N) is 2. The van der Waals surface area contributed by atoms with E-state index in [1.54, 1.807) is 18.4 Å². The van der Waals surface area contributed by atoms with Crippen LogP contribution in [0.5, 0.6) is 0 Å². The molecular weight excluding hydrogens is 272 g/mol. The van der Waals surface area contributed by atoms with Crippen LogP contribution < -0.4 is 5.69 Å². The van der Waals surface area contributed by atoms with Gasteiger partial charge < -0.3 is 9.84 Å². The van der Waals surface area contributed by atoms with Gasteiger partial charge in [0.05, 0.1) is 6.42 Å². The van der Waals surface area contributed by atoms with E-state index in [4.69, 9.17) is 9.84 Å². The van der Waals surface area contributed by atoms with Crippen LogP contribution in [0.2, 0.25) is 0 Å². The van der Waals surface area contributed by atoms with Crippen LogP contribution in [0.1, 0.15) is 36.2 Å². The summed E-state index contributed by atoms with van der Waals surface area (Å²) < 4.78 is 7.10. The van der Waals surface area contributed by atoms with E-state index in [1.807, 2.05) is 0 Å². The van der Waals surface area contributed by atoms with Crippen LogP contribution in [0.3, 0.4) is 0 Å². The molecule has 0 amide bonds. The predicted molar refractivity (Wildman–Crippen MR) is 77.5 cm³/mol. The topological polar surface area (TPSA) is 81.4 Å². The fraction of sp³-hybridized carbons (Fsp3) is 0.667. The number of carboxylic acids is 1. The van der Waals surface area contributed by atoms with E-state index in [0.29, 0.717) is 30.1 Å². The summed E-state index contributed by atoms with van der Waals surface area (Å²) in [6.45, 7) is 5.39. The van der Waals surface area contributed by atoms with Crippen molar-refractivity contribution in [3.8, 4) is 0 Å². The number of aromatic nitrogens is 2. The molecule has 0 atom stereocenters. The first-order valence-corrected chi connectivity index (χ1v) is 7.35. The van der Waals surface area contributed by atoms with Gasteiger partial charge in [-0.3, -0.25) is 9.36 Å². The van der Waals surface area contributed by atoms with E-state index in [2.05, 4.69) is 4.98 Å². The van der Waals surface area contributed by atoms with Gasteiger partial charge in [0, 0.05) is 36.7 Å². The van der Waals surface area contributed by atoms with Crippen LogP contribution in [-0.4, -0.2) is 33.8 Å². The van der Waals surface area contributed by atoms with Crippen molar-refractivity contribution >= 4 is 5.97 Å². The molecule has 0 aromatic carbocycles. The minimum absolute atomic E-state index is 0.108. The summed E-state index contributed by atoms with van der Waals surface area (Å²) in [4.78, 5) is 26.8. The molecule has 1 aromatic heterocycles. The minimum atomic E-state index is -0.916. The second-order valence-electron chi connectivity index (χ2n) is 5.64. The first-order chi connectivity index (χ1) is 9.99. The number of aliphatic carboxylic acids is 1. The molecule has 1 aliphatic rings. The van der Waals surface area contributed by atoms with Crippen molar-refractivity contribution in [3.05, 3.63) is 27.4 Å². The lowest BCUT2D eigenvalue weighted by molar-refractivity contribution is -0.136. The Morgan fingerprint density at radius 3 is 2.76 bits per heavy atom. The summed E-state index contributed by atoms with van der Waals surface area (Å²) in [7, 11) is 0. The highest BCUT2D eigenvalue weighted by Gasteiger charge is 2.21. The number of carbonyl (C=O) groups is 1. The molecule has 0 aliphatic heterocycles. The van der Waals surface area contributed by atoms with Gasteiger partial charge >= 0.3 is 11.7 Å². The van der Waals surface area contributed by atoms with Crippen molar-refractivity contribution in [3.63, 3.8) is 0 Å². The monoisotopic (exact) mass is 294 g/mol. The van der Waals surface area contributed by atoms with Crippen molar-refractivity contribution < 1.29 is 14.6 Å². The fourth-order valence-corrected chi connectivity index (χ4v) is 2.37. The predicted octanol–water partition coefficient (Wildman–Crippen LogP) is 1.30. The van der Waals surface area contributed by atoms with E-state index < -0.39 is 5.97 Å². The zero-order chi connectivity index (χ0) is 15.4. The maximum Gasteiger partial charge on any atom is 0.347 e. The minimum Gasteiger partial charge on any atom is -0.481 e. The zero-order valence-electron chi connectivity index (χ0n) is 12.6. The number of ether oxygens (including phenoxy) is 1. The van der Waals surface area contributed by atoms with Crippen LogP contribution in [0.15, 0.2) is 4.79 Å². The molecule has 2 rings (SSSR count). The molecular formula is C15H22N2O4. The van der Waals surface area contributed by atoms with E-state index >= 15 is 0 Å². The van der Waals surface area contributed by atoms with Crippen molar-refractivity contribution in [2.75, 3.05) is 13.2 Å². The van der Waals surface area contributed by atoms with Crippen molar-refractivity contribution in [2.24, 2.45) is 5.92 Å². The van der Waals surface area contributed by atoms with Crippen molar-refractivity contribution in [1.29, 1.82) is 0 Å². The molecule has 1 N–H and O–H groups in total. The molecule has 0 spiro atoms. The molecule has 1 fully saturated rings. The van der Waals surface area contributed by atoms with Gasteiger partial charge in [0.2, 0.25) is 0 Å². The first kappa shape index (κ1) is 15.7. The van der Waals surface area contributed by atoms with Gasteiger partial charge in [-0.15, -0.1) is 0 Å². The Bertz CT molecular complexity index is 576. The Morgan fingerprint density at radius 1 is 1.43 bits per heavy atom. The quantitative estimate of drug-likeness (QED) is 0.731. The second-order valence-corrected chi connectivity index (χ2v) is 5.64. The average molecular weight is 294 g/mol. The molecule has 0 saturated heterocycles. The normalized spacial score (nSPS) is 14.4. The van der Waals surface area contributed by atoms with E-state index in [9.17, 15) is 9.59 Å². The van der Waals surface area contributed by atoms with Crippen LogP contribution in [-0.2, 0) is 22.5 Å². The Morgan fingerprint density at radius 2 is 2.14 bits per heavy atom. The molecule has 6 nitrogen and oxygen atoms in total. The van der Waals surface area contributed by atoms with Crippen LogP contribution in [0, 0.1) is 19.8 Å². The number of hydrogen-bond acceptors (Lipinski definition) is 4. The van der Waals surface area contributed by atoms with Gasteiger partial charge in [-0.1, -0.05) is 0 Å². The first-order valence-electron chi connectivity index (χ1n) is 7.35. The highest BCUT2D eigenvalue weighted by molar-refractivity contribution is 5.70. The van der Waals surface area contributed by atoms with Crippen LogP contribution in [0.25, 0.3) is 0 Å². The Balaban J connectivity index is 1.99. The van der Waals surface area contributed by atoms with E-state index in [-0.39, 0.29) is 12.1 Å². The Hall–Kier alpha value is -1.69. The number of rotatable bonds is 8. The molecule has 0 radical (unpaired) electrons. The second kappa shape index (κ2) is 6.85. The standard InChI is InChI=1S/C15H22N2O4/c1-10-13(8-14(18)19)11(2)17(15(20)16-10)6-3-7-21-9-12-4-5-12/h12H,3-9H2,1-2H3,(H,18,19). The van der Waals surface area contributed by atoms with Gasteiger partial charge in [-0.25, -0.2) is 4.79 Å². The third-order valence-electron chi connectivity index (χ3n) is 3.82. The summed E-state index contributed by atoms with van der Waals surface area (Å²) in [5, 5.41) is 8.94. The maximum atomic E-state index is 11.9. The molecule has 1 saturated carbocycles.